The van der Waals surface area contributed by atoms with Gasteiger partial charge < -0.3 is 31.3 Å². The van der Waals surface area contributed by atoms with Crippen LogP contribution >= 0.6 is 0 Å². The number of fused-ring (bicyclic) bond motifs is 3. The first kappa shape index (κ1) is 28.3. The van der Waals surface area contributed by atoms with E-state index in [9.17, 15) is 48.3 Å². The molecule has 3 aliphatic carbocycles. The molecule has 0 saturated heterocycles. The normalized spacial score (nSPS) is 31.3. The highest BCUT2D eigenvalue weighted by atomic mass is 32.2. The molecule has 0 spiro atoms. The lowest BCUT2D eigenvalue weighted by Gasteiger charge is -2.53. The molecule has 1 aromatic rings. The van der Waals surface area contributed by atoms with E-state index in [4.69, 9.17) is 10.3 Å². The minimum atomic E-state index is -3.67. The highest BCUT2D eigenvalue weighted by Gasteiger charge is 2.66. The number of carbonyl (C=O) groups is 3. The topological polar surface area (TPSA) is 236 Å². The van der Waals surface area contributed by atoms with E-state index >= 15 is 0 Å². The van der Waals surface area contributed by atoms with E-state index in [1.165, 1.54) is 44.1 Å². The smallest absolute Gasteiger partial charge is 0.261 e. The van der Waals surface area contributed by atoms with Crippen LogP contribution in [0.5, 0.6) is 5.75 Å². The summed E-state index contributed by atoms with van der Waals surface area (Å²) >= 11 is 0. The molecule has 1 aromatic carbocycles. The molecule has 0 aliphatic heterocycles. The third kappa shape index (κ3) is 4.30. The van der Waals surface area contributed by atoms with Crippen LogP contribution in [-0.2, 0) is 30.1 Å². The second-order valence-electron chi connectivity index (χ2n) is 9.69. The molecule has 0 heterocycles. The van der Waals surface area contributed by atoms with E-state index in [-0.39, 0.29) is 17.5 Å². The Hall–Kier alpha value is -3.30. The van der Waals surface area contributed by atoms with E-state index in [0.717, 1.165) is 0 Å². The molecule has 1 amide bonds. The molecule has 0 radical (unpaired) electrons. The zero-order valence-electron chi connectivity index (χ0n) is 20.3. The van der Waals surface area contributed by atoms with Gasteiger partial charge in [0, 0.05) is 17.4 Å². The summed E-state index contributed by atoms with van der Waals surface area (Å²) < 4.78 is 25.9. The predicted octanol–water partition coefficient (Wildman–Crippen LogP) is -0.867. The zero-order chi connectivity index (χ0) is 28.4. The van der Waals surface area contributed by atoms with Crippen molar-refractivity contribution < 1.29 is 52.9 Å². The van der Waals surface area contributed by atoms with Crippen molar-refractivity contribution in [1.29, 1.82) is 0 Å². The summed E-state index contributed by atoms with van der Waals surface area (Å²) in [6, 6.07) is 3.02. The van der Waals surface area contributed by atoms with Crippen molar-refractivity contribution in [3.05, 3.63) is 46.2 Å². The van der Waals surface area contributed by atoms with Gasteiger partial charge in [0.1, 0.15) is 22.8 Å². The molecule has 5 unspecified atom stereocenters. The fourth-order valence-corrected chi connectivity index (χ4v) is 5.50. The van der Waals surface area contributed by atoms with Crippen molar-refractivity contribution in [3.63, 3.8) is 0 Å². The van der Waals surface area contributed by atoms with Crippen LogP contribution in [0.3, 0.4) is 0 Å². The molecule has 0 bridgehead atoms. The Bertz CT molecular complexity index is 1370. The molecule has 37 heavy (non-hydrogen) atoms. The van der Waals surface area contributed by atoms with Gasteiger partial charge in [-0.1, -0.05) is 12.1 Å². The Morgan fingerprint density at radius 1 is 1.14 bits per heavy atom. The van der Waals surface area contributed by atoms with Crippen molar-refractivity contribution in [2.24, 2.45) is 17.6 Å². The molecule has 3 aliphatic rings. The number of Topliss-reactive ketones (excluding diaryl/α,β-unsaturated/α-hetero) is 2. The number of nitrogens with two attached hydrogens (primary N) is 1. The SMILES string of the molecule is CN(C)C1C(=O)C(C(N)=O)=C(O)C2(O)C(=O)C3=C(O)c4c(O)cccc4C(C)(O)C3CC12.CS(=O)(=O)O. The maximum atomic E-state index is 13.7. The number of aliphatic hydroxyl groups excluding tert-OH is 2. The molecule has 13 nitrogen and oxygen atoms in total. The predicted molar refractivity (Wildman–Crippen MR) is 128 cm³/mol. The minimum absolute atomic E-state index is 0.170. The van der Waals surface area contributed by atoms with Crippen LogP contribution in [0.1, 0.15) is 24.5 Å². The first-order valence-electron chi connectivity index (χ1n) is 10.9. The van der Waals surface area contributed by atoms with Gasteiger partial charge in [-0.2, -0.15) is 8.42 Å². The first-order valence-corrected chi connectivity index (χ1v) is 12.7. The number of phenolic OH excluding ortho intramolecular Hbond substituents is 1. The molecule has 14 heteroatoms. The van der Waals surface area contributed by atoms with E-state index in [1.807, 2.05) is 0 Å². The lowest BCUT2D eigenvalue weighted by molar-refractivity contribution is -0.159. The van der Waals surface area contributed by atoms with E-state index < -0.39 is 85.1 Å². The Morgan fingerprint density at radius 3 is 2.16 bits per heavy atom. The average molecular weight is 541 g/mol. The highest BCUT2D eigenvalue weighted by Crippen LogP contribution is 2.57. The third-order valence-corrected chi connectivity index (χ3v) is 7.02. The molecule has 4 rings (SSSR count). The number of amides is 1. The lowest BCUT2D eigenvalue weighted by Crippen LogP contribution is -2.67. The maximum absolute atomic E-state index is 13.7. The van der Waals surface area contributed by atoms with Crippen LogP contribution < -0.4 is 5.73 Å². The van der Waals surface area contributed by atoms with Crippen molar-refractivity contribution >= 4 is 33.4 Å². The quantitative estimate of drug-likeness (QED) is 0.179. The van der Waals surface area contributed by atoms with Crippen LogP contribution in [0.15, 0.2) is 35.1 Å². The monoisotopic (exact) mass is 540 g/mol. The van der Waals surface area contributed by atoms with Gasteiger partial charge in [-0.15, -0.1) is 0 Å². The van der Waals surface area contributed by atoms with E-state index in [2.05, 4.69) is 0 Å². The Morgan fingerprint density at radius 2 is 1.68 bits per heavy atom. The van der Waals surface area contributed by atoms with Gasteiger partial charge in [-0.3, -0.25) is 23.8 Å². The Labute approximate surface area is 211 Å². The van der Waals surface area contributed by atoms with Crippen molar-refractivity contribution in [1.82, 2.24) is 4.90 Å². The number of hydrogen-bond donors (Lipinski definition) is 7. The summed E-state index contributed by atoms with van der Waals surface area (Å²) in [4.78, 5) is 40.0. The molecular weight excluding hydrogens is 512 g/mol. The molecule has 1 fully saturated rings. The van der Waals surface area contributed by atoms with Crippen molar-refractivity contribution in [2.75, 3.05) is 20.4 Å². The molecule has 0 aromatic heterocycles. The van der Waals surface area contributed by atoms with Crippen LogP contribution in [0.4, 0.5) is 0 Å². The summed E-state index contributed by atoms with van der Waals surface area (Å²) in [6.45, 7) is 1.40. The number of aromatic hydroxyl groups is 1. The van der Waals surface area contributed by atoms with Crippen molar-refractivity contribution in [2.45, 2.75) is 30.6 Å². The summed E-state index contributed by atoms with van der Waals surface area (Å²) in [7, 11) is -0.659. The maximum Gasteiger partial charge on any atom is 0.261 e. The molecular formula is C23H28N2O11S. The van der Waals surface area contributed by atoms with Crippen LogP contribution in [0.2, 0.25) is 0 Å². The van der Waals surface area contributed by atoms with Gasteiger partial charge in [0.05, 0.1) is 23.5 Å². The zero-order valence-corrected chi connectivity index (χ0v) is 21.1. The van der Waals surface area contributed by atoms with Gasteiger partial charge in [0.2, 0.25) is 5.78 Å². The van der Waals surface area contributed by atoms with Gasteiger partial charge in [-0.25, -0.2) is 0 Å². The first-order chi connectivity index (χ1) is 16.8. The van der Waals surface area contributed by atoms with Gasteiger partial charge >= 0.3 is 0 Å². The number of hydrogen-bond acceptors (Lipinski definition) is 11. The second-order valence-corrected chi connectivity index (χ2v) is 11.2. The number of phenols is 1. The summed E-state index contributed by atoms with van der Waals surface area (Å²) in [5, 5.41) is 54.9. The number of primary amides is 1. The Balaban J connectivity index is 0.000000695. The fraction of sp³-hybridized carbons (Fsp3) is 0.435. The van der Waals surface area contributed by atoms with Crippen LogP contribution in [0.25, 0.3) is 5.76 Å². The number of rotatable bonds is 2. The fourth-order valence-electron chi connectivity index (χ4n) is 5.50. The number of ketones is 2. The number of likely N-dealkylation sites (N-methyl/N-ethyl adjacent to an activating group) is 1. The van der Waals surface area contributed by atoms with E-state index in [0.29, 0.717) is 6.26 Å². The summed E-state index contributed by atoms with van der Waals surface area (Å²) in [5.74, 6) is -7.90. The average Bonchev–Trinajstić information content (AvgIpc) is 2.73. The van der Waals surface area contributed by atoms with Crippen LogP contribution in [-0.4, -0.2) is 92.9 Å². The lowest BCUT2D eigenvalue weighted by atomic mass is 9.54. The standard InChI is InChI=1S/C22H24N2O8.CH4O3S/c1-21(31)8-5-4-6-11(25)12(8)16(26)13-9(21)7-10-15(24(2)3)17(27)14(20(23)30)19(29)22(10,32)18(13)28;1-5(2,3)4/h4-6,9-10,15,25-26,29,31-32H,7H2,1-3H3,(H2,23,30);1H3,(H,2,3,4). The number of aliphatic hydroxyl groups is 4. The van der Waals surface area contributed by atoms with E-state index in [1.54, 1.807) is 0 Å². The molecule has 5 atom stereocenters. The Kier molecular flexibility index (Phi) is 6.82. The molecule has 8 N–H and O–H groups in total. The van der Waals surface area contributed by atoms with Gasteiger partial charge in [0.25, 0.3) is 16.0 Å². The minimum Gasteiger partial charge on any atom is -0.508 e. The van der Waals surface area contributed by atoms with Gasteiger partial charge in [-0.05, 0) is 39.1 Å². The van der Waals surface area contributed by atoms with Gasteiger partial charge in [0.15, 0.2) is 11.4 Å². The highest BCUT2D eigenvalue weighted by molar-refractivity contribution is 7.85. The second kappa shape index (κ2) is 8.92. The number of benzene rings is 1. The number of carbonyl (C=O) groups excluding carboxylic acids is 3. The summed E-state index contributed by atoms with van der Waals surface area (Å²) in [6.07, 6.45) is 0.515. The summed E-state index contributed by atoms with van der Waals surface area (Å²) in [5.41, 5.74) is -0.548. The molecule has 1 saturated carbocycles. The van der Waals surface area contributed by atoms with Crippen LogP contribution in [0, 0.1) is 11.8 Å². The van der Waals surface area contributed by atoms with Crippen molar-refractivity contribution in [3.8, 4) is 5.75 Å². The third-order valence-electron chi connectivity index (χ3n) is 7.02. The number of nitrogens with zero attached hydrogens (tertiary/aromatic N) is 1. The largest absolute Gasteiger partial charge is 0.508 e. The molecule has 202 valence electrons.